The molecule has 8 nitrogen and oxygen atoms in total. The molecule has 2 aromatic rings. The lowest BCUT2D eigenvalue weighted by molar-refractivity contribution is -0.130. The predicted molar refractivity (Wildman–Crippen MR) is 60.2 cm³/mol. The fourth-order valence-corrected chi connectivity index (χ4v) is 1.40. The summed E-state index contributed by atoms with van der Waals surface area (Å²) in [4.78, 5) is 22.2. The van der Waals surface area contributed by atoms with Gasteiger partial charge >= 0.3 is 0 Å². The number of hydrogen-bond acceptors (Lipinski definition) is 6. The van der Waals surface area contributed by atoms with Crippen LogP contribution in [0.1, 0.15) is 6.42 Å². The van der Waals surface area contributed by atoms with Gasteiger partial charge in [0.05, 0.1) is 13.0 Å². The quantitative estimate of drug-likeness (QED) is 0.612. The lowest BCUT2D eigenvalue weighted by Gasteiger charge is -2.12. The molecule has 0 saturated carbocycles. The summed E-state index contributed by atoms with van der Waals surface area (Å²) >= 11 is 0. The third-order valence-corrected chi connectivity index (χ3v) is 2.33. The summed E-state index contributed by atoms with van der Waals surface area (Å²) in [6, 6.07) is 0. The average molecular weight is 257 g/mol. The van der Waals surface area contributed by atoms with E-state index in [0.29, 0.717) is 0 Å². The van der Waals surface area contributed by atoms with Crippen molar-refractivity contribution >= 4 is 17.1 Å². The standard InChI is InChI=1S/C9H12FN5O3/c10-2-1-5(16)18-4-15-8(17)6-7(13-3-12-6)14-9(15)11/h3,5,16H,1-2,4H2,(H2,11,14)(H,12,13). The highest BCUT2D eigenvalue weighted by atomic mass is 19.1. The van der Waals surface area contributed by atoms with E-state index in [1.54, 1.807) is 0 Å². The van der Waals surface area contributed by atoms with Crippen LogP contribution in [0.4, 0.5) is 10.3 Å². The van der Waals surface area contributed by atoms with Gasteiger partial charge in [-0.05, 0) is 0 Å². The first-order chi connectivity index (χ1) is 8.63. The second-order valence-corrected chi connectivity index (χ2v) is 3.53. The van der Waals surface area contributed by atoms with E-state index < -0.39 is 18.5 Å². The maximum atomic E-state index is 11.9. The van der Waals surface area contributed by atoms with Crippen LogP contribution in [0.25, 0.3) is 11.2 Å². The van der Waals surface area contributed by atoms with Crippen molar-refractivity contribution in [3.05, 3.63) is 16.7 Å². The molecule has 0 bridgehead atoms. The summed E-state index contributed by atoms with van der Waals surface area (Å²) < 4.78 is 17.8. The molecule has 1 atom stereocenters. The molecule has 0 spiro atoms. The van der Waals surface area contributed by atoms with Gasteiger partial charge in [0, 0.05) is 6.42 Å². The first-order valence-corrected chi connectivity index (χ1v) is 5.18. The van der Waals surface area contributed by atoms with Crippen LogP contribution in [0.15, 0.2) is 11.1 Å². The molecule has 0 fully saturated rings. The Hall–Kier alpha value is -2.00. The number of nitrogens with zero attached hydrogens (tertiary/aromatic N) is 3. The minimum Gasteiger partial charge on any atom is -0.369 e. The van der Waals surface area contributed by atoms with Crippen molar-refractivity contribution < 1.29 is 14.2 Å². The Labute approximate surface area is 100 Å². The minimum absolute atomic E-state index is 0.0907. The molecular formula is C9H12FN5O3. The number of nitrogens with one attached hydrogen (secondary N) is 1. The Kier molecular flexibility index (Phi) is 3.53. The van der Waals surface area contributed by atoms with Gasteiger partial charge in [-0.25, -0.2) is 4.98 Å². The monoisotopic (exact) mass is 257 g/mol. The van der Waals surface area contributed by atoms with Crippen LogP contribution in [0.3, 0.4) is 0 Å². The summed E-state index contributed by atoms with van der Waals surface area (Å²) in [5.74, 6) is -0.0907. The van der Waals surface area contributed by atoms with Gasteiger partial charge in [0.2, 0.25) is 5.95 Å². The largest absolute Gasteiger partial charge is 0.369 e. The van der Waals surface area contributed by atoms with Gasteiger partial charge in [0.25, 0.3) is 5.56 Å². The maximum absolute atomic E-state index is 11.9. The molecule has 2 aromatic heterocycles. The third kappa shape index (κ3) is 2.31. The summed E-state index contributed by atoms with van der Waals surface area (Å²) in [7, 11) is 0. The van der Waals surface area contributed by atoms with E-state index in [0.717, 1.165) is 4.57 Å². The first kappa shape index (κ1) is 12.5. The molecule has 98 valence electrons. The molecule has 18 heavy (non-hydrogen) atoms. The highest BCUT2D eigenvalue weighted by molar-refractivity contribution is 5.69. The Balaban J connectivity index is 2.25. The Bertz CT molecular complexity index is 595. The number of rotatable bonds is 5. The smallest absolute Gasteiger partial charge is 0.282 e. The number of alkyl halides is 1. The molecule has 2 rings (SSSR count). The van der Waals surface area contributed by atoms with E-state index in [9.17, 15) is 14.3 Å². The highest BCUT2D eigenvalue weighted by Crippen LogP contribution is 2.05. The average Bonchev–Trinajstić information content (AvgIpc) is 2.77. The number of ether oxygens (including phenoxy) is 1. The van der Waals surface area contributed by atoms with E-state index in [2.05, 4.69) is 15.0 Å². The Morgan fingerprint density at radius 2 is 2.44 bits per heavy atom. The predicted octanol–water partition coefficient (Wildman–Crippen LogP) is -0.646. The van der Waals surface area contributed by atoms with Gasteiger partial charge in [-0.1, -0.05) is 0 Å². The molecular weight excluding hydrogens is 245 g/mol. The van der Waals surface area contributed by atoms with Crippen molar-refractivity contribution in [2.45, 2.75) is 19.4 Å². The normalized spacial score (nSPS) is 13.0. The molecule has 0 amide bonds. The van der Waals surface area contributed by atoms with E-state index in [4.69, 9.17) is 10.5 Å². The number of hydrogen-bond donors (Lipinski definition) is 3. The molecule has 0 aliphatic rings. The van der Waals surface area contributed by atoms with Crippen LogP contribution in [0.5, 0.6) is 0 Å². The zero-order chi connectivity index (χ0) is 13.1. The lowest BCUT2D eigenvalue weighted by atomic mass is 10.5. The van der Waals surface area contributed by atoms with Crippen LogP contribution < -0.4 is 11.3 Å². The molecule has 1 unspecified atom stereocenters. The number of aliphatic hydroxyl groups excluding tert-OH is 1. The van der Waals surface area contributed by atoms with Crippen molar-refractivity contribution in [2.24, 2.45) is 0 Å². The number of aromatic nitrogens is 4. The van der Waals surface area contributed by atoms with Gasteiger partial charge < -0.3 is 20.6 Å². The van der Waals surface area contributed by atoms with Gasteiger partial charge in [-0.2, -0.15) is 4.98 Å². The topological polar surface area (TPSA) is 119 Å². The minimum atomic E-state index is -1.29. The van der Waals surface area contributed by atoms with Gasteiger partial charge in [-0.3, -0.25) is 13.8 Å². The van der Waals surface area contributed by atoms with E-state index in [1.165, 1.54) is 6.33 Å². The van der Waals surface area contributed by atoms with Crippen LogP contribution in [-0.4, -0.2) is 37.6 Å². The number of nitrogen functional groups attached to an aromatic ring is 1. The second-order valence-electron chi connectivity index (χ2n) is 3.53. The summed E-state index contributed by atoms with van der Waals surface area (Å²) in [5.41, 5.74) is 5.49. The van der Waals surface area contributed by atoms with Crippen molar-refractivity contribution in [1.82, 2.24) is 19.5 Å². The van der Waals surface area contributed by atoms with E-state index in [1.807, 2.05) is 0 Å². The summed E-state index contributed by atoms with van der Waals surface area (Å²) in [6.07, 6.45) is -0.144. The molecule has 0 aromatic carbocycles. The van der Waals surface area contributed by atoms with Gasteiger partial charge in [-0.15, -0.1) is 0 Å². The maximum Gasteiger partial charge on any atom is 0.282 e. The molecule has 9 heteroatoms. The number of anilines is 1. The fraction of sp³-hybridized carbons (Fsp3) is 0.444. The number of aromatic amines is 1. The number of H-pyrrole nitrogens is 1. The highest BCUT2D eigenvalue weighted by Gasteiger charge is 2.12. The Morgan fingerprint density at radius 1 is 1.67 bits per heavy atom. The number of nitrogens with two attached hydrogens (primary N) is 1. The second kappa shape index (κ2) is 5.10. The van der Waals surface area contributed by atoms with E-state index >= 15 is 0 Å². The molecule has 0 saturated heterocycles. The van der Waals surface area contributed by atoms with Crippen molar-refractivity contribution in [2.75, 3.05) is 12.4 Å². The molecule has 0 radical (unpaired) electrons. The van der Waals surface area contributed by atoms with Crippen molar-refractivity contribution in [3.63, 3.8) is 0 Å². The SMILES string of the molecule is Nc1nc2nc[nH]c2c(=O)n1COC(O)CCF. The van der Waals surface area contributed by atoms with Gasteiger partial charge in [0.15, 0.2) is 17.5 Å². The van der Waals surface area contributed by atoms with Crippen molar-refractivity contribution in [3.8, 4) is 0 Å². The molecule has 0 aliphatic carbocycles. The van der Waals surface area contributed by atoms with Crippen LogP contribution in [-0.2, 0) is 11.5 Å². The molecule has 4 N–H and O–H groups in total. The van der Waals surface area contributed by atoms with Crippen LogP contribution in [0.2, 0.25) is 0 Å². The fourth-order valence-electron chi connectivity index (χ4n) is 1.40. The first-order valence-electron chi connectivity index (χ1n) is 5.18. The molecule has 0 aliphatic heterocycles. The number of fused-ring (bicyclic) bond motifs is 1. The summed E-state index contributed by atoms with van der Waals surface area (Å²) in [5, 5.41) is 9.21. The van der Waals surface area contributed by atoms with Gasteiger partial charge in [0.1, 0.15) is 6.73 Å². The Morgan fingerprint density at radius 3 is 3.17 bits per heavy atom. The lowest BCUT2D eigenvalue weighted by Crippen LogP contribution is -2.28. The van der Waals surface area contributed by atoms with E-state index in [-0.39, 0.29) is 30.3 Å². The van der Waals surface area contributed by atoms with Crippen LogP contribution >= 0.6 is 0 Å². The summed E-state index contributed by atoms with van der Waals surface area (Å²) in [6.45, 7) is -1.03. The van der Waals surface area contributed by atoms with Crippen LogP contribution in [0, 0.1) is 0 Å². The number of aliphatic hydroxyl groups is 1. The number of halogens is 1. The zero-order valence-corrected chi connectivity index (χ0v) is 9.34. The third-order valence-electron chi connectivity index (χ3n) is 2.33. The molecule has 2 heterocycles. The van der Waals surface area contributed by atoms with Crippen molar-refractivity contribution in [1.29, 1.82) is 0 Å². The number of imidazole rings is 1. The zero-order valence-electron chi connectivity index (χ0n) is 9.34.